The normalized spacial score (nSPS) is 13.2. The summed E-state index contributed by atoms with van der Waals surface area (Å²) in [5.41, 5.74) is 2.46. The van der Waals surface area contributed by atoms with Crippen molar-refractivity contribution < 1.29 is 0 Å². The van der Waals surface area contributed by atoms with Crippen LogP contribution in [0.25, 0.3) is 10.9 Å². The van der Waals surface area contributed by atoms with Gasteiger partial charge in [-0.1, -0.05) is 59.2 Å². The third-order valence-corrected chi connectivity index (χ3v) is 4.06. The fourth-order valence-electron chi connectivity index (χ4n) is 3.48. The Bertz CT molecular complexity index is 603. The molecule has 2 aromatic rings. The molecule has 0 aliphatic carbocycles. The van der Waals surface area contributed by atoms with Crippen LogP contribution in [0.5, 0.6) is 0 Å². The van der Waals surface area contributed by atoms with Crippen molar-refractivity contribution in [3.05, 3.63) is 41.0 Å². The molecule has 1 nitrogen and oxygen atoms in total. The third kappa shape index (κ3) is 2.98. The molecule has 0 saturated carbocycles. The molecular weight excluding hydrogens is 266 g/mol. The van der Waals surface area contributed by atoms with Crippen molar-refractivity contribution in [3.8, 4) is 0 Å². The highest BCUT2D eigenvalue weighted by molar-refractivity contribution is 6.35. The van der Waals surface area contributed by atoms with Gasteiger partial charge in [0, 0.05) is 22.0 Å². The lowest BCUT2D eigenvalue weighted by Crippen LogP contribution is -2.31. The van der Waals surface area contributed by atoms with E-state index in [0.29, 0.717) is 5.92 Å². The number of hydrogen-bond acceptors (Lipinski definition) is 1. The largest absolute Gasteiger partial charge is 0.252 e. The number of rotatable bonds is 1. The minimum atomic E-state index is 0.164. The van der Waals surface area contributed by atoms with Crippen LogP contribution < -0.4 is 0 Å². The summed E-state index contributed by atoms with van der Waals surface area (Å²) in [4.78, 5) is 4.88. The van der Waals surface area contributed by atoms with Gasteiger partial charge in [0.1, 0.15) is 0 Å². The van der Waals surface area contributed by atoms with Crippen LogP contribution in [-0.2, 0) is 0 Å². The van der Waals surface area contributed by atoms with Crippen molar-refractivity contribution in [2.75, 3.05) is 0 Å². The maximum absolute atomic E-state index is 6.23. The molecule has 2 heteroatoms. The molecule has 0 unspecified atom stereocenters. The van der Waals surface area contributed by atoms with Gasteiger partial charge in [0.05, 0.1) is 5.52 Å². The standard InChI is InChI=1S/C18H24ClN/c1-17(2,3)16(18(4,5)6)15-11-10-12-13(19)8-7-9-14(12)20-15/h7-11,16H,1-6H3. The smallest absolute Gasteiger partial charge is 0.0720 e. The lowest BCUT2D eigenvalue weighted by molar-refractivity contribution is 0.172. The molecule has 2 rings (SSSR count). The number of nitrogens with zero attached hydrogens (tertiary/aromatic N) is 1. The Morgan fingerprint density at radius 2 is 1.50 bits per heavy atom. The van der Waals surface area contributed by atoms with Crippen LogP contribution >= 0.6 is 11.6 Å². The second-order valence-corrected chi connectivity index (χ2v) is 8.11. The fraction of sp³-hybridized carbons (Fsp3) is 0.500. The van der Waals surface area contributed by atoms with Crippen LogP contribution in [0.2, 0.25) is 5.02 Å². The summed E-state index contributed by atoms with van der Waals surface area (Å²) in [6, 6.07) is 10.1. The van der Waals surface area contributed by atoms with Gasteiger partial charge in [-0.2, -0.15) is 0 Å². The average Bonchev–Trinajstić information content (AvgIpc) is 2.25. The molecule has 0 N–H and O–H groups in total. The van der Waals surface area contributed by atoms with Gasteiger partial charge in [-0.05, 0) is 35.1 Å². The lowest BCUT2D eigenvalue weighted by Gasteiger charge is -2.40. The van der Waals surface area contributed by atoms with Gasteiger partial charge in [0.15, 0.2) is 0 Å². The zero-order valence-corrected chi connectivity index (χ0v) is 14.0. The molecule has 0 radical (unpaired) electrons. The Labute approximate surface area is 127 Å². The Morgan fingerprint density at radius 3 is 2.05 bits per heavy atom. The molecule has 0 atom stereocenters. The summed E-state index contributed by atoms with van der Waals surface area (Å²) in [6.45, 7) is 13.7. The number of fused-ring (bicyclic) bond motifs is 1. The van der Waals surface area contributed by atoms with Gasteiger partial charge in [0.2, 0.25) is 0 Å². The van der Waals surface area contributed by atoms with Crippen molar-refractivity contribution in [1.82, 2.24) is 4.98 Å². The van der Waals surface area contributed by atoms with Gasteiger partial charge >= 0.3 is 0 Å². The van der Waals surface area contributed by atoms with Gasteiger partial charge < -0.3 is 0 Å². The predicted octanol–water partition coefficient (Wildman–Crippen LogP) is 6.06. The summed E-state index contributed by atoms with van der Waals surface area (Å²) < 4.78 is 0. The van der Waals surface area contributed by atoms with Crippen molar-refractivity contribution >= 4 is 22.5 Å². The van der Waals surface area contributed by atoms with Gasteiger partial charge in [-0.3, -0.25) is 4.98 Å². The molecule has 0 aliphatic rings. The average molecular weight is 290 g/mol. The predicted molar refractivity (Wildman–Crippen MR) is 88.4 cm³/mol. The van der Waals surface area contributed by atoms with Gasteiger partial charge in [-0.15, -0.1) is 0 Å². The van der Waals surface area contributed by atoms with E-state index in [1.165, 1.54) is 0 Å². The minimum absolute atomic E-state index is 0.164. The molecule has 1 aromatic carbocycles. The molecule has 0 fully saturated rings. The van der Waals surface area contributed by atoms with Gasteiger partial charge in [-0.25, -0.2) is 0 Å². The summed E-state index contributed by atoms with van der Waals surface area (Å²) in [5, 5.41) is 1.80. The van der Waals surface area contributed by atoms with Crippen molar-refractivity contribution in [3.63, 3.8) is 0 Å². The number of benzene rings is 1. The van der Waals surface area contributed by atoms with Crippen molar-refractivity contribution in [2.24, 2.45) is 10.8 Å². The van der Waals surface area contributed by atoms with Crippen molar-refractivity contribution in [1.29, 1.82) is 0 Å². The summed E-state index contributed by atoms with van der Waals surface area (Å²) >= 11 is 6.23. The number of halogens is 1. The first-order valence-corrected chi connectivity index (χ1v) is 7.53. The molecule has 0 spiro atoms. The Morgan fingerprint density at radius 1 is 0.900 bits per heavy atom. The molecule has 0 amide bonds. The fourth-order valence-corrected chi connectivity index (χ4v) is 3.71. The maximum atomic E-state index is 6.23. The molecule has 20 heavy (non-hydrogen) atoms. The van der Waals surface area contributed by atoms with Crippen molar-refractivity contribution in [2.45, 2.75) is 47.5 Å². The highest BCUT2D eigenvalue weighted by atomic mass is 35.5. The topological polar surface area (TPSA) is 12.9 Å². The monoisotopic (exact) mass is 289 g/mol. The highest BCUT2D eigenvalue weighted by Gasteiger charge is 2.37. The Kier molecular flexibility index (Phi) is 3.85. The van der Waals surface area contributed by atoms with Crippen LogP contribution in [0.4, 0.5) is 0 Å². The zero-order valence-electron chi connectivity index (χ0n) is 13.3. The molecule has 1 heterocycles. The van der Waals surface area contributed by atoms with Crippen LogP contribution in [0.15, 0.2) is 30.3 Å². The van der Waals surface area contributed by atoms with Crippen LogP contribution in [0.1, 0.15) is 53.2 Å². The van der Waals surface area contributed by atoms with Crippen LogP contribution in [-0.4, -0.2) is 4.98 Å². The van der Waals surface area contributed by atoms with E-state index in [0.717, 1.165) is 21.6 Å². The van der Waals surface area contributed by atoms with E-state index in [-0.39, 0.29) is 10.8 Å². The second kappa shape index (κ2) is 5.04. The second-order valence-electron chi connectivity index (χ2n) is 7.71. The quantitative estimate of drug-likeness (QED) is 0.621. The third-order valence-electron chi connectivity index (χ3n) is 3.73. The molecule has 0 bridgehead atoms. The van der Waals surface area contributed by atoms with Crippen LogP contribution in [0, 0.1) is 10.8 Å². The van der Waals surface area contributed by atoms with E-state index in [1.54, 1.807) is 0 Å². The van der Waals surface area contributed by atoms with E-state index in [2.05, 4.69) is 53.7 Å². The summed E-state index contributed by atoms with van der Waals surface area (Å²) in [6.07, 6.45) is 0. The van der Waals surface area contributed by atoms with E-state index in [4.69, 9.17) is 16.6 Å². The lowest BCUT2D eigenvalue weighted by atomic mass is 9.65. The van der Waals surface area contributed by atoms with E-state index < -0.39 is 0 Å². The number of hydrogen-bond donors (Lipinski definition) is 0. The highest BCUT2D eigenvalue weighted by Crippen LogP contribution is 2.46. The van der Waals surface area contributed by atoms with E-state index >= 15 is 0 Å². The van der Waals surface area contributed by atoms with E-state index in [9.17, 15) is 0 Å². The SMILES string of the molecule is CC(C)(C)C(c1ccc2c(Cl)cccc2n1)C(C)(C)C. The van der Waals surface area contributed by atoms with E-state index in [1.807, 2.05) is 18.2 Å². The first-order chi connectivity index (χ1) is 9.10. The molecule has 0 aliphatic heterocycles. The molecule has 108 valence electrons. The maximum Gasteiger partial charge on any atom is 0.0720 e. The first-order valence-electron chi connectivity index (χ1n) is 7.16. The Hall–Kier alpha value is -1.08. The van der Waals surface area contributed by atoms with Crippen LogP contribution in [0.3, 0.4) is 0 Å². The molecular formula is C18H24ClN. The first kappa shape index (κ1) is 15.3. The zero-order chi connectivity index (χ0) is 15.1. The Balaban J connectivity index is 2.61. The number of aromatic nitrogens is 1. The number of pyridine rings is 1. The molecule has 1 aromatic heterocycles. The summed E-state index contributed by atoms with van der Waals surface area (Å²) in [5.74, 6) is 0.387. The summed E-state index contributed by atoms with van der Waals surface area (Å²) in [7, 11) is 0. The molecule has 0 saturated heterocycles. The van der Waals surface area contributed by atoms with Gasteiger partial charge in [0.25, 0.3) is 0 Å². The minimum Gasteiger partial charge on any atom is -0.252 e.